The van der Waals surface area contributed by atoms with Crippen LogP contribution in [0, 0.1) is 0 Å². The van der Waals surface area contributed by atoms with Crippen LogP contribution in [-0.2, 0) is 41.1 Å². The van der Waals surface area contributed by atoms with Crippen LogP contribution in [0.5, 0.6) is 0 Å². The molecule has 0 bridgehead atoms. The van der Waals surface area contributed by atoms with E-state index in [0.717, 1.165) is 11.1 Å². The van der Waals surface area contributed by atoms with Gasteiger partial charge in [0.1, 0.15) is 19.3 Å². The molecule has 0 heterocycles. The Balaban J connectivity index is 1.97. The quantitative estimate of drug-likeness (QED) is 0.422. The Morgan fingerprint density at radius 3 is 1.87 bits per heavy atom. The van der Waals surface area contributed by atoms with Crippen LogP contribution in [0.1, 0.15) is 17.5 Å². The lowest BCUT2D eigenvalue weighted by Gasteiger charge is -2.20. The maximum atomic E-state index is 12.6. The predicted molar refractivity (Wildman–Crippen MR) is 111 cm³/mol. The predicted octanol–water partition coefficient (Wildman–Crippen LogP) is 3.90. The van der Waals surface area contributed by atoms with Gasteiger partial charge in [-0.25, -0.2) is 9.59 Å². The van der Waals surface area contributed by atoms with Crippen LogP contribution in [0.4, 0.5) is 4.79 Å². The van der Waals surface area contributed by atoms with Crippen LogP contribution in [0.25, 0.3) is 0 Å². The van der Waals surface area contributed by atoms with E-state index in [1.807, 2.05) is 60.7 Å². The Hall–Kier alpha value is -2.67. The number of ether oxygens (including phenoxy) is 2. The number of carbonyl (C=O) groups excluding carboxylic acids is 2. The SMILES string of the molecule is COP(=O)(CC[C@H](NC(=O)OCc1ccccc1)C(=O)OCc1ccccc1)OC. The van der Waals surface area contributed by atoms with Gasteiger partial charge in [-0.1, -0.05) is 60.7 Å². The van der Waals surface area contributed by atoms with Gasteiger partial charge in [0.05, 0.1) is 6.16 Å². The minimum Gasteiger partial charge on any atom is -0.459 e. The van der Waals surface area contributed by atoms with Crippen LogP contribution in [0.15, 0.2) is 60.7 Å². The van der Waals surface area contributed by atoms with E-state index in [1.165, 1.54) is 14.2 Å². The largest absolute Gasteiger partial charge is 0.459 e. The first kappa shape index (κ1) is 23.6. The van der Waals surface area contributed by atoms with E-state index in [-0.39, 0.29) is 25.8 Å². The third-order valence-corrected chi connectivity index (χ3v) is 6.18. The van der Waals surface area contributed by atoms with Crippen molar-refractivity contribution in [2.75, 3.05) is 20.4 Å². The van der Waals surface area contributed by atoms with E-state index in [4.69, 9.17) is 18.5 Å². The fourth-order valence-electron chi connectivity index (χ4n) is 2.53. The summed E-state index contributed by atoms with van der Waals surface area (Å²) in [6, 6.07) is 17.2. The van der Waals surface area contributed by atoms with Gasteiger partial charge in [0, 0.05) is 14.2 Å². The lowest BCUT2D eigenvalue weighted by Crippen LogP contribution is -2.42. The first-order valence-corrected chi connectivity index (χ1v) is 11.1. The molecule has 0 saturated heterocycles. The second-order valence-electron chi connectivity index (χ2n) is 6.34. The zero-order valence-corrected chi connectivity index (χ0v) is 17.9. The average Bonchev–Trinajstić information content (AvgIpc) is 2.80. The molecule has 0 saturated carbocycles. The maximum absolute atomic E-state index is 12.6. The summed E-state index contributed by atoms with van der Waals surface area (Å²) in [5, 5.41) is 2.48. The highest BCUT2D eigenvalue weighted by Gasteiger charge is 2.29. The first-order chi connectivity index (χ1) is 14.5. The highest BCUT2D eigenvalue weighted by Crippen LogP contribution is 2.47. The van der Waals surface area contributed by atoms with Crippen LogP contribution in [0.2, 0.25) is 0 Å². The third kappa shape index (κ3) is 7.99. The number of hydrogen-bond donors (Lipinski definition) is 1. The molecular weight excluding hydrogens is 409 g/mol. The molecule has 1 atom stereocenters. The number of carbonyl (C=O) groups is 2. The molecule has 0 spiro atoms. The van der Waals surface area contributed by atoms with E-state index in [9.17, 15) is 14.2 Å². The normalized spacial score (nSPS) is 12.1. The molecule has 8 nitrogen and oxygen atoms in total. The van der Waals surface area contributed by atoms with E-state index in [0.29, 0.717) is 0 Å². The molecule has 0 aliphatic carbocycles. The fourth-order valence-corrected chi connectivity index (χ4v) is 3.62. The van der Waals surface area contributed by atoms with E-state index in [2.05, 4.69) is 5.32 Å². The minimum absolute atomic E-state index is 0.00693. The van der Waals surface area contributed by atoms with Crippen LogP contribution in [-0.4, -0.2) is 38.5 Å². The van der Waals surface area contributed by atoms with E-state index in [1.54, 1.807) is 0 Å². The molecule has 0 aromatic heterocycles. The molecular formula is C21H26NO7P. The van der Waals surface area contributed by atoms with Gasteiger partial charge in [0.25, 0.3) is 0 Å². The summed E-state index contributed by atoms with van der Waals surface area (Å²) in [6.07, 6.45) is -0.873. The van der Waals surface area contributed by atoms with Gasteiger partial charge in [-0.3, -0.25) is 4.57 Å². The van der Waals surface area contributed by atoms with Gasteiger partial charge in [-0.05, 0) is 17.5 Å². The van der Waals surface area contributed by atoms with Gasteiger partial charge < -0.3 is 23.8 Å². The number of rotatable bonds is 11. The topological polar surface area (TPSA) is 100 Å². The van der Waals surface area contributed by atoms with Gasteiger partial charge in [0.15, 0.2) is 0 Å². The van der Waals surface area contributed by atoms with Crippen molar-refractivity contribution in [2.45, 2.75) is 25.7 Å². The zero-order valence-electron chi connectivity index (χ0n) is 17.0. The van der Waals surface area contributed by atoms with Crippen molar-refractivity contribution < 1.29 is 32.7 Å². The second-order valence-corrected chi connectivity index (χ2v) is 8.74. The molecule has 30 heavy (non-hydrogen) atoms. The Morgan fingerprint density at radius 2 is 1.37 bits per heavy atom. The third-order valence-electron chi connectivity index (χ3n) is 4.26. The highest BCUT2D eigenvalue weighted by atomic mass is 31.2. The smallest absolute Gasteiger partial charge is 0.408 e. The number of esters is 1. The molecule has 162 valence electrons. The zero-order chi connectivity index (χ0) is 21.8. The molecule has 2 aromatic rings. The highest BCUT2D eigenvalue weighted by molar-refractivity contribution is 7.53. The summed E-state index contributed by atoms with van der Waals surface area (Å²) in [7, 11) is -0.841. The standard InChI is InChI=1S/C21H26NO7P/c1-26-30(25,27-2)14-13-19(20(23)28-15-17-9-5-3-6-10-17)22-21(24)29-16-18-11-7-4-8-12-18/h3-12,19H,13-16H2,1-2H3,(H,22,24)/t19-/m0/s1. The number of alkyl carbamates (subject to hydrolysis) is 1. The summed E-state index contributed by atoms with van der Waals surface area (Å²) in [5.74, 6) is -0.672. The van der Waals surface area contributed by atoms with Crippen molar-refractivity contribution in [1.29, 1.82) is 0 Å². The molecule has 1 amide bonds. The number of nitrogens with one attached hydrogen (secondary N) is 1. The van der Waals surface area contributed by atoms with Crippen LogP contribution >= 0.6 is 7.60 Å². The second kappa shape index (κ2) is 12.1. The Morgan fingerprint density at radius 1 is 0.867 bits per heavy atom. The molecule has 0 aliphatic rings. The van der Waals surface area contributed by atoms with Gasteiger partial charge in [-0.2, -0.15) is 0 Å². The Labute approximate surface area is 176 Å². The van der Waals surface area contributed by atoms with Crippen molar-refractivity contribution in [3.8, 4) is 0 Å². The summed E-state index contributed by atoms with van der Waals surface area (Å²) in [4.78, 5) is 24.8. The van der Waals surface area contributed by atoms with E-state index >= 15 is 0 Å². The summed E-state index contributed by atoms with van der Waals surface area (Å²) in [5.41, 5.74) is 1.61. The van der Waals surface area contributed by atoms with Gasteiger partial charge in [-0.15, -0.1) is 0 Å². The lowest BCUT2D eigenvalue weighted by atomic mass is 10.2. The molecule has 1 N–H and O–H groups in total. The van der Waals surface area contributed by atoms with Crippen molar-refractivity contribution in [3.63, 3.8) is 0 Å². The first-order valence-electron chi connectivity index (χ1n) is 9.34. The van der Waals surface area contributed by atoms with Crippen LogP contribution in [0.3, 0.4) is 0 Å². The molecule has 9 heteroatoms. The maximum Gasteiger partial charge on any atom is 0.408 e. The number of hydrogen-bond acceptors (Lipinski definition) is 7. The van der Waals surface area contributed by atoms with Gasteiger partial charge in [0.2, 0.25) is 0 Å². The summed E-state index contributed by atoms with van der Waals surface area (Å²) in [6.45, 7) is 0.0935. The monoisotopic (exact) mass is 435 g/mol. The molecule has 0 aliphatic heterocycles. The average molecular weight is 435 g/mol. The molecule has 2 aromatic carbocycles. The Bertz CT molecular complexity index is 837. The fraction of sp³-hybridized carbons (Fsp3) is 0.333. The van der Waals surface area contributed by atoms with Crippen molar-refractivity contribution in [3.05, 3.63) is 71.8 Å². The number of amides is 1. The molecule has 0 radical (unpaired) electrons. The lowest BCUT2D eigenvalue weighted by molar-refractivity contribution is -0.147. The summed E-state index contributed by atoms with van der Waals surface area (Å²) < 4.78 is 32.6. The van der Waals surface area contributed by atoms with Crippen molar-refractivity contribution in [2.24, 2.45) is 0 Å². The Kier molecular flexibility index (Phi) is 9.54. The minimum atomic E-state index is -3.36. The van der Waals surface area contributed by atoms with Crippen molar-refractivity contribution >= 4 is 19.7 Å². The molecule has 0 fully saturated rings. The number of benzene rings is 2. The summed E-state index contributed by atoms with van der Waals surface area (Å²) >= 11 is 0. The molecule has 2 rings (SSSR count). The van der Waals surface area contributed by atoms with Crippen molar-refractivity contribution in [1.82, 2.24) is 5.32 Å². The van der Waals surface area contributed by atoms with Gasteiger partial charge >= 0.3 is 19.7 Å². The molecule has 0 unspecified atom stereocenters. The van der Waals surface area contributed by atoms with Crippen LogP contribution < -0.4 is 5.32 Å². The van der Waals surface area contributed by atoms with E-state index < -0.39 is 25.7 Å².